The van der Waals surface area contributed by atoms with Crippen molar-refractivity contribution in [2.75, 3.05) is 6.54 Å². The van der Waals surface area contributed by atoms with Crippen LogP contribution >= 0.6 is 0 Å². The number of hydrogen-bond acceptors (Lipinski definition) is 2. The average molecular weight is 262 g/mol. The molecule has 1 aromatic rings. The molecule has 0 bridgehead atoms. The van der Waals surface area contributed by atoms with E-state index in [4.69, 9.17) is 5.26 Å². The monoisotopic (exact) mass is 262 g/mol. The lowest BCUT2D eigenvalue weighted by Crippen LogP contribution is -2.26. The molecule has 1 unspecified atom stereocenters. The van der Waals surface area contributed by atoms with Crippen LogP contribution in [0.25, 0.3) is 0 Å². The van der Waals surface area contributed by atoms with Crippen molar-refractivity contribution in [3.8, 4) is 6.07 Å². The van der Waals surface area contributed by atoms with E-state index in [1.165, 1.54) is 6.07 Å². The van der Waals surface area contributed by atoms with Gasteiger partial charge in [0.2, 0.25) is 5.91 Å². The summed E-state index contributed by atoms with van der Waals surface area (Å²) in [4.78, 5) is 11.7. The van der Waals surface area contributed by atoms with Gasteiger partial charge in [-0.05, 0) is 18.4 Å². The molecule has 0 radical (unpaired) electrons. The molecule has 102 valence electrons. The molecule has 4 heteroatoms. The Kier molecular flexibility index (Phi) is 6.01. The van der Waals surface area contributed by atoms with Crippen LogP contribution in [-0.2, 0) is 4.79 Å². The molecule has 0 fully saturated rings. The molecular formula is C15H19FN2O. The maximum atomic E-state index is 13.6. The van der Waals surface area contributed by atoms with Gasteiger partial charge in [0.15, 0.2) is 0 Å². The Morgan fingerprint density at radius 1 is 1.42 bits per heavy atom. The summed E-state index contributed by atoms with van der Waals surface area (Å²) < 4.78 is 13.6. The van der Waals surface area contributed by atoms with Gasteiger partial charge < -0.3 is 5.32 Å². The third kappa shape index (κ3) is 5.09. The van der Waals surface area contributed by atoms with Crippen LogP contribution in [0.4, 0.5) is 4.39 Å². The van der Waals surface area contributed by atoms with Gasteiger partial charge in [0.05, 0.1) is 12.0 Å². The normalized spacial score (nSPS) is 11.9. The Balaban J connectivity index is 2.56. The number of halogens is 1. The van der Waals surface area contributed by atoms with Crippen molar-refractivity contribution in [1.82, 2.24) is 5.32 Å². The highest BCUT2D eigenvalue weighted by Crippen LogP contribution is 2.21. The number of carbonyl (C=O) groups excluding carboxylic acids is 1. The maximum Gasteiger partial charge on any atom is 0.221 e. The Morgan fingerprint density at radius 2 is 2.11 bits per heavy atom. The van der Waals surface area contributed by atoms with Crippen molar-refractivity contribution in [1.29, 1.82) is 5.26 Å². The number of nitrogens with one attached hydrogen (secondary N) is 1. The molecule has 1 rings (SSSR count). The Labute approximate surface area is 113 Å². The Hall–Kier alpha value is -1.89. The first-order valence-corrected chi connectivity index (χ1v) is 6.45. The molecule has 0 aliphatic heterocycles. The smallest absolute Gasteiger partial charge is 0.221 e. The van der Waals surface area contributed by atoms with Crippen LogP contribution in [0.3, 0.4) is 0 Å². The fraction of sp³-hybridized carbons (Fsp3) is 0.467. The van der Waals surface area contributed by atoms with E-state index < -0.39 is 11.7 Å². The molecule has 19 heavy (non-hydrogen) atoms. The Bertz CT molecular complexity index is 465. The van der Waals surface area contributed by atoms with Crippen LogP contribution in [0.2, 0.25) is 0 Å². The second-order valence-electron chi connectivity index (χ2n) is 4.94. The highest BCUT2D eigenvalue weighted by molar-refractivity contribution is 5.77. The van der Waals surface area contributed by atoms with Crippen molar-refractivity contribution in [3.63, 3.8) is 0 Å². The topological polar surface area (TPSA) is 52.9 Å². The number of rotatable bonds is 6. The van der Waals surface area contributed by atoms with Crippen molar-refractivity contribution in [2.24, 2.45) is 5.92 Å². The van der Waals surface area contributed by atoms with Crippen LogP contribution in [0.5, 0.6) is 0 Å². The van der Waals surface area contributed by atoms with Gasteiger partial charge in [-0.3, -0.25) is 4.79 Å². The average Bonchev–Trinajstić information content (AvgIpc) is 2.36. The van der Waals surface area contributed by atoms with Gasteiger partial charge >= 0.3 is 0 Å². The van der Waals surface area contributed by atoms with E-state index in [1.807, 2.05) is 6.07 Å². The molecule has 1 N–H and O–H groups in total. The fourth-order valence-corrected chi connectivity index (χ4v) is 1.74. The lowest BCUT2D eigenvalue weighted by Gasteiger charge is -2.11. The summed E-state index contributed by atoms with van der Waals surface area (Å²) in [6.45, 7) is 4.74. The Morgan fingerprint density at radius 3 is 2.68 bits per heavy atom. The first kappa shape index (κ1) is 15.2. The van der Waals surface area contributed by atoms with E-state index in [1.54, 1.807) is 18.2 Å². The fourth-order valence-electron chi connectivity index (χ4n) is 1.74. The van der Waals surface area contributed by atoms with Crippen LogP contribution in [0.1, 0.15) is 38.2 Å². The minimum atomic E-state index is -0.736. The molecule has 0 heterocycles. The van der Waals surface area contributed by atoms with E-state index in [9.17, 15) is 9.18 Å². The van der Waals surface area contributed by atoms with Gasteiger partial charge in [-0.2, -0.15) is 5.26 Å². The molecule has 0 aromatic heterocycles. The molecule has 0 saturated carbocycles. The van der Waals surface area contributed by atoms with Gasteiger partial charge in [-0.1, -0.05) is 32.0 Å². The largest absolute Gasteiger partial charge is 0.356 e. The molecule has 1 atom stereocenters. The first-order chi connectivity index (χ1) is 9.04. The number of nitriles is 1. The van der Waals surface area contributed by atoms with Crippen molar-refractivity contribution in [2.45, 2.75) is 32.6 Å². The summed E-state index contributed by atoms with van der Waals surface area (Å²) in [5.74, 6) is -0.877. The lowest BCUT2D eigenvalue weighted by molar-refractivity contribution is -0.121. The van der Waals surface area contributed by atoms with Gasteiger partial charge in [0.1, 0.15) is 5.82 Å². The predicted octanol–water partition coefficient (Wildman–Crippen LogP) is 2.99. The van der Waals surface area contributed by atoms with Gasteiger partial charge in [-0.15, -0.1) is 0 Å². The molecule has 1 amide bonds. The van der Waals surface area contributed by atoms with Crippen molar-refractivity contribution < 1.29 is 9.18 Å². The zero-order valence-electron chi connectivity index (χ0n) is 11.3. The van der Waals surface area contributed by atoms with E-state index >= 15 is 0 Å². The summed E-state index contributed by atoms with van der Waals surface area (Å²) in [6.07, 6.45) is 0.887. The van der Waals surface area contributed by atoms with E-state index in [-0.39, 0.29) is 17.9 Å². The number of amides is 1. The van der Waals surface area contributed by atoms with Crippen LogP contribution in [-0.4, -0.2) is 12.5 Å². The molecule has 0 aliphatic carbocycles. The highest BCUT2D eigenvalue weighted by Gasteiger charge is 2.18. The summed E-state index contributed by atoms with van der Waals surface area (Å²) in [5, 5.41) is 11.8. The summed E-state index contributed by atoms with van der Waals surface area (Å²) >= 11 is 0. The molecule has 1 aromatic carbocycles. The first-order valence-electron chi connectivity index (χ1n) is 6.45. The van der Waals surface area contributed by atoms with Crippen LogP contribution < -0.4 is 5.32 Å². The van der Waals surface area contributed by atoms with E-state index in [0.29, 0.717) is 12.5 Å². The quantitative estimate of drug-likeness (QED) is 0.856. The number of nitrogens with zero attached hydrogens (tertiary/aromatic N) is 1. The minimum Gasteiger partial charge on any atom is -0.356 e. The molecule has 0 spiro atoms. The second-order valence-corrected chi connectivity index (χ2v) is 4.94. The van der Waals surface area contributed by atoms with Crippen molar-refractivity contribution >= 4 is 5.91 Å². The van der Waals surface area contributed by atoms with Gasteiger partial charge in [-0.25, -0.2) is 4.39 Å². The SMILES string of the molecule is CC(C)CCNC(=O)CC(C#N)c1ccccc1F. The molecule has 0 saturated heterocycles. The van der Waals surface area contributed by atoms with Gasteiger partial charge in [0, 0.05) is 18.5 Å². The van der Waals surface area contributed by atoms with E-state index in [0.717, 1.165) is 6.42 Å². The van der Waals surface area contributed by atoms with Gasteiger partial charge in [0.25, 0.3) is 0 Å². The summed E-state index contributed by atoms with van der Waals surface area (Å²) in [5.41, 5.74) is 0.281. The van der Waals surface area contributed by atoms with Crippen LogP contribution in [0.15, 0.2) is 24.3 Å². The van der Waals surface area contributed by atoms with E-state index in [2.05, 4.69) is 19.2 Å². The van der Waals surface area contributed by atoms with Crippen LogP contribution in [0, 0.1) is 23.1 Å². The number of carbonyl (C=O) groups is 1. The third-order valence-corrected chi connectivity index (χ3v) is 2.87. The van der Waals surface area contributed by atoms with Crippen molar-refractivity contribution in [3.05, 3.63) is 35.6 Å². The zero-order chi connectivity index (χ0) is 14.3. The highest BCUT2D eigenvalue weighted by atomic mass is 19.1. The molecule has 3 nitrogen and oxygen atoms in total. The number of benzene rings is 1. The zero-order valence-corrected chi connectivity index (χ0v) is 11.3. The summed E-state index contributed by atoms with van der Waals surface area (Å²) in [7, 11) is 0. The second kappa shape index (κ2) is 7.52. The third-order valence-electron chi connectivity index (χ3n) is 2.87. The minimum absolute atomic E-state index is 0.00444. The predicted molar refractivity (Wildman–Crippen MR) is 71.8 cm³/mol. The maximum absolute atomic E-state index is 13.6. The summed E-state index contributed by atoms with van der Waals surface area (Å²) in [6, 6.07) is 8.07. The lowest BCUT2D eigenvalue weighted by atomic mass is 9.96. The standard InChI is InChI=1S/C15H19FN2O/c1-11(2)7-8-18-15(19)9-12(10-17)13-5-3-4-6-14(13)16/h3-6,11-12H,7-9H2,1-2H3,(H,18,19). The molecule has 0 aliphatic rings. The number of hydrogen-bond donors (Lipinski definition) is 1. The molecular weight excluding hydrogens is 243 g/mol.